The normalized spacial score (nSPS) is 21.6. The maximum atomic E-state index is 12.0. The highest BCUT2D eigenvalue weighted by atomic mass is 32.2. The van der Waals surface area contributed by atoms with Crippen molar-refractivity contribution < 1.29 is 23.1 Å². The molecule has 1 fully saturated rings. The average Bonchev–Trinajstić information content (AvgIpc) is 2.26. The molecule has 0 aromatic carbocycles. The van der Waals surface area contributed by atoms with Crippen LogP contribution in [0.25, 0.3) is 0 Å². The van der Waals surface area contributed by atoms with Crippen molar-refractivity contribution in [1.29, 1.82) is 0 Å². The highest BCUT2D eigenvalue weighted by molar-refractivity contribution is 7.88. The largest absolute Gasteiger partial charge is 0.480 e. The monoisotopic (exact) mass is 278 g/mol. The number of likely N-dealkylation sites (N-methyl/N-ethyl adjacent to an activating group) is 1. The Morgan fingerprint density at radius 3 is 2.50 bits per heavy atom. The predicted molar refractivity (Wildman–Crippen MR) is 64.5 cm³/mol. The van der Waals surface area contributed by atoms with E-state index in [9.17, 15) is 18.0 Å². The number of nitrogens with zero attached hydrogens (tertiary/aromatic N) is 2. The van der Waals surface area contributed by atoms with Crippen molar-refractivity contribution in [2.75, 3.05) is 26.4 Å². The number of sulfonamides is 1. The second kappa shape index (κ2) is 5.66. The number of hydrogen-bond acceptors (Lipinski definition) is 4. The molecule has 0 aliphatic carbocycles. The van der Waals surface area contributed by atoms with Gasteiger partial charge in [0.1, 0.15) is 12.6 Å². The zero-order chi connectivity index (χ0) is 13.9. The first-order valence-corrected chi connectivity index (χ1v) is 7.52. The van der Waals surface area contributed by atoms with E-state index in [0.717, 1.165) is 28.3 Å². The van der Waals surface area contributed by atoms with Crippen LogP contribution in [0.1, 0.15) is 19.3 Å². The van der Waals surface area contributed by atoms with Crippen LogP contribution in [0.3, 0.4) is 0 Å². The Labute approximate surface area is 106 Å². The third-order valence-corrected chi connectivity index (χ3v) is 4.20. The van der Waals surface area contributed by atoms with Gasteiger partial charge >= 0.3 is 5.97 Å². The summed E-state index contributed by atoms with van der Waals surface area (Å²) in [7, 11) is -2.08. The topological polar surface area (TPSA) is 95.0 Å². The van der Waals surface area contributed by atoms with E-state index in [1.165, 1.54) is 7.05 Å². The quantitative estimate of drug-likeness (QED) is 0.737. The number of aliphatic carboxylic acids is 1. The molecule has 1 heterocycles. The Morgan fingerprint density at radius 1 is 1.39 bits per heavy atom. The molecule has 18 heavy (non-hydrogen) atoms. The van der Waals surface area contributed by atoms with Gasteiger partial charge < -0.3 is 10.0 Å². The third kappa shape index (κ3) is 3.67. The predicted octanol–water partition coefficient (Wildman–Crippen LogP) is -0.656. The summed E-state index contributed by atoms with van der Waals surface area (Å²) in [6.07, 6.45) is 2.99. The van der Waals surface area contributed by atoms with Gasteiger partial charge in [-0.1, -0.05) is 6.42 Å². The molecule has 0 saturated carbocycles. The Bertz CT molecular complexity index is 434. The summed E-state index contributed by atoms with van der Waals surface area (Å²) in [5.74, 6) is -1.57. The highest BCUT2D eigenvalue weighted by Crippen LogP contribution is 2.21. The van der Waals surface area contributed by atoms with E-state index in [4.69, 9.17) is 5.11 Å². The molecule has 0 aromatic rings. The molecule has 1 saturated heterocycles. The van der Waals surface area contributed by atoms with Gasteiger partial charge in [-0.2, -0.15) is 4.31 Å². The van der Waals surface area contributed by atoms with Crippen molar-refractivity contribution in [2.45, 2.75) is 25.3 Å². The Balaban J connectivity index is 2.84. The lowest BCUT2D eigenvalue weighted by Gasteiger charge is -2.34. The Morgan fingerprint density at radius 2 is 2.00 bits per heavy atom. The lowest BCUT2D eigenvalue weighted by atomic mass is 10.0. The third-order valence-electron chi connectivity index (χ3n) is 2.91. The van der Waals surface area contributed by atoms with Gasteiger partial charge in [-0.25, -0.2) is 8.42 Å². The maximum absolute atomic E-state index is 12.0. The number of carbonyl (C=O) groups excluding carboxylic acids is 1. The van der Waals surface area contributed by atoms with Crippen molar-refractivity contribution in [1.82, 2.24) is 9.21 Å². The second-order valence-electron chi connectivity index (χ2n) is 4.47. The minimum Gasteiger partial charge on any atom is -0.480 e. The molecule has 0 unspecified atom stereocenters. The Hall–Kier alpha value is -1.15. The molecule has 1 amide bonds. The van der Waals surface area contributed by atoms with Crippen molar-refractivity contribution >= 4 is 21.9 Å². The van der Waals surface area contributed by atoms with Gasteiger partial charge in [0.15, 0.2) is 0 Å². The molecule has 1 aliphatic heterocycles. The van der Waals surface area contributed by atoms with E-state index in [1.807, 2.05) is 0 Å². The van der Waals surface area contributed by atoms with Crippen LogP contribution in [0, 0.1) is 0 Å². The van der Waals surface area contributed by atoms with Crippen LogP contribution in [0.5, 0.6) is 0 Å². The number of hydrogen-bond donors (Lipinski definition) is 1. The molecular weight excluding hydrogens is 260 g/mol. The van der Waals surface area contributed by atoms with Crippen LogP contribution >= 0.6 is 0 Å². The lowest BCUT2D eigenvalue weighted by Crippen LogP contribution is -2.52. The van der Waals surface area contributed by atoms with Crippen LogP contribution in [-0.2, 0) is 19.6 Å². The first-order chi connectivity index (χ1) is 8.23. The summed E-state index contributed by atoms with van der Waals surface area (Å²) < 4.78 is 24.3. The van der Waals surface area contributed by atoms with E-state index in [1.54, 1.807) is 0 Å². The number of piperidine rings is 1. The molecule has 0 bridgehead atoms. The van der Waals surface area contributed by atoms with E-state index < -0.39 is 34.5 Å². The van der Waals surface area contributed by atoms with Crippen LogP contribution in [0.4, 0.5) is 0 Å². The van der Waals surface area contributed by atoms with Gasteiger partial charge in [0.05, 0.1) is 6.26 Å². The van der Waals surface area contributed by atoms with Crippen molar-refractivity contribution in [3.8, 4) is 0 Å². The summed E-state index contributed by atoms with van der Waals surface area (Å²) in [6, 6.07) is -0.766. The van der Waals surface area contributed by atoms with Gasteiger partial charge in [-0.15, -0.1) is 0 Å². The van der Waals surface area contributed by atoms with Gasteiger partial charge in [0.25, 0.3) is 0 Å². The van der Waals surface area contributed by atoms with Crippen molar-refractivity contribution in [3.63, 3.8) is 0 Å². The lowest BCUT2D eigenvalue weighted by molar-refractivity contribution is -0.145. The fourth-order valence-electron chi connectivity index (χ4n) is 2.08. The summed E-state index contributed by atoms with van der Waals surface area (Å²) in [6.45, 7) is -0.108. The number of rotatable bonds is 4. The molecule has 104 valence electrons. The van der Waals surface area contributed by atoms with E-state index in [-0.39, 0.29) is 0 Å². The maximum Gasteiger partial charge on any atom is 0.323 e. The van der Waals surface area contributed by atoms with Crippen LogP contribution < -0.4 is 0 Å². The summed E-state index contributed by atoms with van der Waals surface area (Å²) in [5, 5.41) is 8.63. The van der Waals surface area contributed by atoms with Crippen LogP contribution in [-0.4, -0.2) is 67.0 Å². The molecule has 8 heteroatoms. The van der Waals surface area contributed by atoms with Crippen molar-refractivity contribution in [3.05, 3.63) is 0 Å². The minimum atomic E-state index is -3.44. The SMILES string of the molecule is CN(CC(=O)O)C(=O)[C@H]1CCCCN1S(C)(=O)=O. The van der Waals surface area contributed by atoms with E-state index in [2.05, 4.69) is 0 Å². The number of carboxylic acids is 1. The molecule has 0 aromatic heterocycles. The number of amides is 1. The second-order valence-corrected chi connectivity index (χ2v) is 6.41. The zero-order valence-corrected chi connectivity index (χ0v) is 11.3. The zero-order valence-electron chi connectivity index (χ0n) is 10.5. The first kappa shape index (κ1) is 14.9. The number of carbonyl (C=O) groups is 2. The smallest absolute Gasteiger partial charge is 0.323 e. The molecule has 1 aliphatic rings. The van der Waals surface area contributed by atoms with Crippen molar-refractivity contribution in [2.24, 2.45) is 0 Å². The molecule has 7 nitrogen and oxygen atoms in total. The van der Waals surface area contributed by atoms with E-state index >= 15 is 0 Å². The molecule has 0 radical (unpaired) electrons. The minimum absolute atomic E-state index is 0.316. The number of carboxylic acid groups (broad SMARTS) is 1. The van der Waals surface area contributed by atoms with Gasteiger partial charge in [-0.3, -0.25) is 9.59 Å². The summed E-state index contributed by atoms with van der Waals surface area (Å²) >= 11 is 0. The standard InChI is InChI=1S/C10H18N2O5S/c1-11(7-9(13)14)10(15)8-5-3-4-6-12(8)18(2,16)17/h8H,3-7H2,1-2H3,(H,13,14)/t8-/m1/s1. The van der Waals surface area contributed by atoms with Gasteiger partial charge in [0.2, 0.25) is 15.9 Å². The fourth-order valence-corrected chi connectivity index (χ4v) is 3.20. The highest BCUT2D eigenvalue weighted by Gasteiger charge is 2.36. The molecular formula is C10H18N2O5S. The average molecular weight is 278 g/mol. The summed E-state index contributed by atoms with van der Waals surface area (Å²) in [5.41, 5.74) is 0. The first-order valence-electron chi connectivity index (χ1n) is 5.67. The molecule has 0 spiro atoms. The molecule has 1 atom stereocenters. The molecule has 1 N–H and O–H groups in total. The van der Waals surface area contributed by atoms with E-state index in [0.29, 0.717) is 13.0 Å². The Kier molecular flexibility index (Phi) is 4.69. The van der Waals surface area contributed by atoms with Gasteiger partial charge in [-0.05, 0) is 12.8 Å². The van der Waals surface area contributed by atoms with Crippen LogP contribution in [0.2, 0.25) is 0 Å². The molecule has 1 rings (SSSR count). The van der Waals surface area contributed by atoms with Crippen LogP contribution in [0.15, 0.2) is 0 Å². The van der Waals surface area contributed by atoms with Gasteiger partial charge in [0, 0.05) is 13.6 Å². The fraction of sp³-hybridized carbons (Fsp3) is 0.800. The summed E-state index contributed by atoms with van der Waals surface area (Å²) in [4.78, 5) is 23.6.